The Kier molecular flexibility index (Phi) is 3.70. The van der Waals surface area contributed by atoms with Crippen molar-refractivity contribution < 1.29 is 9.13 Å². The van der Waals surface area contributed by atoms with Crippen molar-refractivity contribution in [2.24, 2.45) is 5.73 Å². The summed E-state index contributed by atoms with van der Waals surface area (Å²) in [5.41, 5.74) is 8.31. The Hall–Kier alpha value is -1.87. The first-order valence-corrected chi connectivity index (χ1v) is 6.97. The van der Waals surface area contributed by atoms with Crippen LogP contribution < -0.4 is 10.5 Å². The molecule has 2 nitrogen and oxygen atoms in total. The van der Waals surface area contributed by atoms with Gasteiger partial charge in [0.2, 0.25) is 0 Å². The van der Waals surface area contributed by atoms with Crippen molar-refractivity contribution in [3.05, 3.63) is 65.5 Å². The summed E-state index contributed by atoms with van der Waals surface area (Å²) in [6.45, 7) is 0. The molecule has 104 valence electrons. The lowest BCUT2D eigenvalue weighted by atomic mass is 9.99. The highest BCUT2D eigenvalue weighted by atomic mass is 19.1. The van der Waals surface area contributed by atoms with Crippen molar-refractivity contribution in [1.29, 1.82) is 0 Å². The van der Waals surface area contributed by atoms with E-state index in [9.17, 15) is 4.39 Å². The molecule has 0 heterocycles. The maximum Gasteiger partial charge on any atom is 0.123 e. The molecule has 0 aromatic heterocycles. The number of nitrogens with two attached hydrogens (primary N) is 1. The Balaban J connectivity index is 1.69. The molecule has 2 N–H and O–H groups in total. The smallest absolute Gasteiger partial charge is 0.123 e. The van der Waals surface area contributed by atoms with Crippen LogP contribution >= 0.6 is 0 Å². The van der Waals surface area contributed by atoms with E-state index in [-0.39, 0.29) is 11.9 Å². The summed E-state index contributed by atoms with van der Waals surface area (Å²) in [6, 6.07) is 14.3. The van der Waals surface area contributed by atoms with Crippen LogP contribution in [0.5, 0.6) is 5.75 Å². The van der Waals surface area contributed by atoms with Crippen LogP contribution in [0.15, 0.2) is 48.5 Å². The van der Waals surface area contributed by atoms with E-state index in [1.807, 2.05) is 24.3 Å². The van der Waals surface area contributed by atoms with Gasteiger partial charge < -0.3 is 10.5 Å². The third kappa shape index (κ3) is 3.36. The van der Waals surface area contributed by atoms with E-state index in [1.165, 1.54) is 12.1 Å². The lowest BCUT2D eigenvalue weighted by molar-refractivity contribution is 0.302. The minimum absolute atomic E-state index is 0.108. The summed E-state index contributed by atoms with van der Waals surface area (Å²) in [5, 5.41) is 0. The van der Waals surface area contributed by atoms with Crippen LogP contribution in [-0.2, 0) is 6.42 Å². The zero-order chi connectivity index (χ0) is 13.9. The van der Waals surface area contributed by atoms with Gasteiger partial charge in [0.25, 0.3) is 0 Å². The molecule has 1 unspecified atom stereocenters. The molecule has 0 radical (unpaired) electrons. The van der Waals surface area contributed by atoms with E-state index < -0.39 is 0 Å². The zero-order valence-electron chi connectivity index (χ0n) is 11.3. The average molecular weight is 271 g/mol. The van der Waals surface area contributed by atoms with E-state index in [0.717, 1.165) is 29.7 Å². The van der Waals surface area contributed by atoms with Gasteiger partial charge in [-0.05, 0) is 54.7 Å². The van der Waals surface area contributed by atoms with Gasteiger partial charge >= 0.3 is 0 Å². The monoisotopic (exact) mass is 271 g/mol. The fourth-order valence-electron chi connectivity index (χ4n) is 2.19. The maximum atomic E-state index is 12.9. The zero-order valence-corrected chi connectivity index (χ0v) is 11.3. The summed E-state index contributed by atoms with van der Waals surface area (Å²) in [6.07, 6.45) is 3.36. The first kappa shape index (κ1) is 13.1. The molecule has 3 rings (SSSR count). The molecule has 0 amide bonds. The lowest BCUT2D eigenvalue weighted by Gasteiger charge is -2.14. The molecule has 1 fully saturated rings. The molecule has 1 aliphatic carbocycles. The lowest BCUT2D eigenvalue weighted by Crippen LogP contribution is -2.13. The van der Waals surface area contributed by atoms with E-state index >= 15 is 0 Å². The SMILES string of the molecule is NC(Cc1ccc(F)cc1)c1cccc(OC2CC2)c1. The van der Waals surface area contributed by atoms with E-state index in [2.05, 4.69) is 0 Å². The predicted octanol–water partition coefficient (Wildman–Crippen LogP) is 3.61. The van der Waals surface area contributed by atoms with Crippen LogP contribution in [0.1, 0.15) is 30.0 Å². The molecule has 20 heavy (non-hydrogen) atoms. The highest BCUT2D eigenvalue weighted by molar-refractivity contribution is 5.32. The highest BCUT2D eigenvalue weighted by Crippen LogP contribution is 2.28. The fraction of sp³-hybridized carbons (Fsp3) is 0.294. The Morgan fingerprint density at radius 3 is 2.60 bits per heavy atom. The van der Waals surface area contributed by atoms with Gasteiger partial charge in [0.1, 0.15) is 11.6 Å². The molecule has 2 aromatic rings. The van der Waals surface area contributed by atoms with E-state index in [4.69, 9.17) is 10.5 Å². The Labute approximate surface area is 118 Å². The molecule has 0 bridgehead atoms. The van der Waals surface area contributed by atoms with Crippen LogP contribution in [0.25, 0.3) is 0 Å². The minimum Gasteiger partial charge on any atom is -0.490 e. The molecule has 3 heteroatoms. The van der Waals surface area contributed by atoms with Crippen LogP contribution in [-0.4, -0.2) is 6.10 Å². The molecule has 0 saturated heterocycles. The first-order valence-electron chi connectivity index (χ1n) is 6.97. The predicted molar refractivity (Wildman–Crippen MR) is 77.1 cm³/mol. The molecule has 1 atom stereocenters. The highest BCUT2D eigenvalue weighted by Gasteiger charge is 2.23. The normalized spacial score (nSPS) is 15.9. The summed E-state index contributed by atoms with van der Waals surface area (Å²) in [4.78, 5) is 0. The maximum absolute atomic E-state index is 12.9. The third-order valence-electron chi connectivity index (χ3n) is 3.48. The fourth-order valence-corrected chi connectivity index (χ4v) is 2.19. The van der Waals surface area contributed by atoms with Gasteiger partial charge in [-0.3, -0.25) is 0 Å². The van der Waals surface area contributed by atoms with E-state index in [1.54, 1.807) is 12.1 Å². The number of hydrogen-bond donors (Lipinski definition) is 1. The number of benzene rings is 2. The summed E-state index contributed by atoms with van der Waals surface area (Å²) < 4.78 is 18.7. The van der Waals surface area contributed by atoms with Crippen molar-refractivity contribution in [2.45, 2.75) is 31.4 Å². The van der Waals surface area contributed by atoms with Crippen LogP contribution in [0.2, 0.25) is 0 Å². The van der Waals surface area contributed by atoms with Gasteiger partial charge in [-0.2, -0.15) is 0 Å². The second-order valence-electron chi connectivity index (χ2n) is 5.33. The van der Waals surface area contributed by atoms with Crippen LogP contribution in [0.4, 0.5) is 4.39 Å². The number of hydrogen-bond acceptors (Lipinski definition) is 2. The number of halogens is 1. The Bertz CT molecular complexity index is 578. The van der Waals surface area contributed by atoms with Crippen molar-refractivity contribution in [1.82, 2.24) is 0 Å². The van der Waals surface area contributed by atoms with Gasteiger partial charge in [-0.15, -0.1) is 0 Å². The van der Waals surface area contributed by atoms with Gasteiger partial charge in [-0.1, -0.05) is 24.3 Å². The largest absolute Gasteiger partial charge is 0.490 e. The molecule has 0 spiro atoms. The second kappa shape index (κ2) is 5.63. The average Bonchev–Trinajstić information content (AvgIpc) is 3.25. The number of rotatable bonds is 5. The summed E-state index contributed by atoms with van der Waals surface area (Å²) in [7, 11) is 0. The third-order valence-corrected chi connectivity index (χ3v) is 3.48. The minimum atomic E-state index is -0.220. The van der Waals surface area contributed by atoms with Crippen LogP contribution in [0, 0.1) is 5.82 Å². The second-order valence-corrected chi connectivity index (χ2v) is 5.33. The van der Waals surface area contributed by atoms with Crippen molar-refractivity contribution in [3.63, 3.8) is 0 Å². The van der Waals surface area contributed by atoms with Gasteiger partial charge in [0.05, 0.1) is 6.10 Å². The van der Waals surface area contributed by atoms with Gasteiger partial charge in [0.15, 0.2) is 0 Å². The molecule has 1 aliphatic rings. The summed E-state index contributed by atoms with van der Waals surface area (Å²) in [5.74, 6) is 0.668. The molecule has 2 aromatic carbocycles. The number of ether oxygens (including phenoxy) is 1. The summed E-state index contributed by atoms with van der Waals surface area (Å²) >= 11 is 0. The molecular formula is C17H18FNO. The standard InChI is InChI=1S/C17H18FNO/c18-14-6-4-12(5-7-14)10-17(19)13-2-1-3-16(11-13)20-15-8-9-15/h1-7,11,15,17H,8-10,19H2. The topological polar surface area (TPSA) is 35.2 Å². The van der Waals surface area contributed by atoms with Gasteiger partial charge in [-0.25, -0.2) is 4.39 Å². The van der Waals surface area contributed by atoms with Crippen molar-refractivity contribution in [3.8, 4) is 5.75 Å². The Morgan fingerprint density at radius 1 is 1.15 bits per heavy atom. The Morgan fingerprint density at radius 2 is 1.90 bits per heavy atom. The van der Waals surface area contributed by atoms with E-state index in [0.29, 0.717) is 12.5 Å². The molecule has 0 aliphatic heterocycles. The van der Waals surface area contributed by atoms with Crippen LogP contribution in [0.3, 0.4) is 0 Å². The van der Waals surface area contributed by atoms with Crippen molar-refractivity contribution in [2.75, 3.05) is 0 Å². The first-order chi connectivity index (χ1) is 9.70. The molecular weight excluding hydrogens is 253 g/mol. The van der Waals surface area contributed by atoms with Gasteiger partial charge in [0, 0.05) is 6.04 Å². The molecule has 1 saturated carbocycles. The quantitative estimate of drug-likeness (QED) is 0.901. The van der Waals surface area contributed by atoms with Crippen molar-refractivity contribution >= 4 is 0 Å².